The van der Waals surface area contributed by atoms with Crippen molar-refractivity contribution in [1.29, 1.82) is 0 Å². The van der Waals surface area contributed by atoms with E-state index >= 15 is 0 Å². The third kappa shape index (κ3) is 5.72. The van der Waals surface area contributed by atoms with Crippen LogP contribution in [0.5, 0.6) is 0 Å². The first-order valence-electron chi connectivity index (χ1n) is 8.83. The van der Waals surface area contributed by atoms with Gasteiger partial charge in [-0.1, -0.05) is 6.07 Å². The molecule has 1 amide bonds. The molecule has 0 unspecified atom stereocenters. The molecule has 2 N–H and O–H groups in total. The normalized spacial score (nSPS) is 11.1. The lowest BCUT2D eigenvalue weighted by Gasteiger charge is -2.10. The Bertz CT molecular complexity index is 1000. The summed E-state index contributed by atoms with van der Waals surface area (Å²) in [5.41, 5.74) is 2.93. The van der Waals surface area contributed by atoms with Gasteiger partial charge >= 0.3 is 0 Å². The van der Waals surface area contributed by atoms with Crippen LogP contribution in [0.3, 0.4) is 0 Å². The summed E-state index contributed by atoms with van der Waals surface area (Å²) in [5.74, 6) is 0.230. The quantitative estimate of drug-likeness (QED) is 0.593. The molecule has 1 aromatic carbocycles. The second kappa shape index (κ2) is 8.76. The van der Waals surface area contributed by atoms with Crippen LogP contribution in [-0.2, 0) is 4.57 Å². The molecule has 2 aromatic heterocycles. The molecule has 8 heteroatoms. The molecule has 3 rings (SSSR count). The maximum Gasteiger partial charge on any atom is 0.251 e. The van der Waals surface area contributed by atoms with E-state index in [2.05, 4.69) is 25.6 Å². The van der Waals surface area contributed by atoms with E-state index in [4.69, 9.17) is 0 Å². The van der Waals surface area contributed by atoms with Crippen LogP contribution in [0.2, 0.25) is 0 Å². The first kappa shape index (κ1) is 19.7. The first-order chi connectivity index (χ1) is 13.4. The largest absolute Gasteiger partial charge is 0.352 e. The summed E-state index contributed by atoms with van der Waals surface area (Å²) in [6.07, 6.45) is 5.58. The zero-order valence-corrected chi connectivity index (χ0v) is 16.7. The fourth-order valence-electron chi connectivity index (χ4n) is 2.51. The van der Waals surface area contributed by atoms with Gasteiger partial charge in [-0.15, -0.1) is 0 Å². The average molecular weight is 395 g/mol. The molecule has 0 aliphatic rings. The van der Waals surface area contributed by atoms with E-state index in [1.807, 2.05) is 24.3 Å². The fourth-order valence-corrected chi connectivity index (χ4v) is 3.16. The van der Waals surface area contributed by atoms with Crippen LogP contribution in [-0.4, -0.2) is 46.9 Å². The van der Waals surface area contributed by atoms with Gasteiger partial charge in [-0.25, -0.2) is 9.97 Å². The molecule has 0 radical (unpaired) electrons. The zero-order chi connectivity index (χ0) is 20.0. The van der Waals surface area contributed by atoms with E-state index < -0.39 is 7.14 Å². The van der Waals surface area contributed by atoms with Gasteiger partial charge in [-0.05, 0) is 49.7 Å². The second-order valence-electron chi connectivity index (χ2n) is 6.76. The minimum absolute atomic E-state index is 0.205. The average Bonchev–Trinajstić information content (AvgIpc) is 2.68. The summed E-state index contributed by atoms with van der Waals surface area (Å²) in [6.45, 7) is 3.81. The van der Waals surface area contributed by atoms with Crippen LogP contribution in [0.4, 0.5) is 11.6 Å². The van der Waals surface area contributed by atoms with Crippen LogP contribution in [0, 0.1) is 0 Å². The standard InChI is InChI=1S/C20H22N5O2P/c1-28(2,27)13-12-22-19(26)16-4-3-5-17(14-16)24-20-23-11-8-18(25-20)15-6-9-21-10-7-15/h3-11,14H,12-13H2,1-2H3,(H,22,26)(H,23,24,25). The third-order valence-corrected chi connectivity index (χ3v) is 5.25. The Hall–Kier alpha value is -3.05. The summed E-state index contributed by atoms with van der Waals surface area (Å²) >= 11 is 0. The van der Waals surface area contributed by atoms with Crippen molar-refractivity contribution in [2.24, 2.45) is 0 Å². The SMILES string of the molecule is CP(C)(=O)CCNC(=O)c1cccc(Nc2nccc(-c3ccncc3)n2)c1. The van der Waals surface area contributed by atoms with E-state index in [9.17, 15) is 9.36 Å². The lowest BCUT2D eigenvalue weighted by atomic mass is 10.2. The van der Waals surface area contributed by atoms with Crippen molar-refractivity contribution >= 4 is 24.7 Å². The number of rotatable bonds is 7. The number of carbonyl (C=O) groups excluding carboxylic acids is 1. The lowest BCUT2D eigenvalue weighted by Crippen LogP contribution is -2.26. The predicted molar refractivity (Wildman–Crippen MR) is 112 cm³/mol. The molecule has 0 fully saturated rings. The summed E-state index contributed by atoms with van der Waals surface area (Å²) in [5, 5.41) is 5.93. The van der Waals surface area contributed by atoms with Crippen molar-refractivity contribution in [2.75, 3.05) is 31.4 Å². The third-order valence-electron chi connectivity index (χ3n) is 3.95. The molecule has 2 heterocycles. The number of aromatic nitrogens is 3. The van der Waals surface area contributed by atoms with Gasteiger partial charge in [-0.3, -0.25) is 9.78 Å². The Labute approximate surface area is 164 Å². The van der Waals surface area contributed by atoms with Gasteiger partial charge in [0.2, 0.25) is 5.95 Å². The van der Waals surface area contributed by atoms with Crippen LogP contribution in [0.25, 0.3) is 11.3 Å². The van der Waals surface area contributed by atoms with E-state index in [0.29, 0.717) is 29.9 Å². The molecule has 0 atom stereocenters. The minimum Gasteiger partial charge on any atom is -0.352 e. The molecule has 28 heavy (non-hydrogen) atoms. The molecular weight excluding hydrogens is 373 g/mol. The van der Waals surface area contributed by atoms with Crippen molar-refractivity contribution in [1.82, 2.24) is 20.3 Å². The smallest absolute Gasteiger partial charge is 0.251 e. The molecule has 144 valence electrons. The number of pyridine rings is 1. The lowest BCUT2D eigenvalue weighted by molar-refractivity contribution is 0.0956. The molecular formula is C20H22N5O2P. The van der Waals surface area contributed by atoms with Crippen LogP contribution in [0.15, 0.2) is 61.1 Å². The first-order valence-corrected chi connectivity index (χ1v) is 11.6. The highest BCUT2D eigenvalue weighted by atomic mass is 31.2. The number of anilines is 2. The molecule has 0 bridgehead atoms. The summed E-state index contributed by atoms with van der Waals surface area (Å²) in [6, 6.07) is 12.7. The van der Waals surface area contributed by atoms with Crippen LogP contribution in [0.1, 0.15) is 10.4 Å². The van der Waals surface area contributed by atoms with E-state index in [1.165, 1.54) is 0 Å². The minimum atomic E-state index is -2.15. The highest BCUT2D eigenvalue weighted by Crippen LogP contribution is 2.34. The van der Waals surface area contributed by atoms with Gasteiger partial charge < -0.3 is 15.2 Å². The molecule has 3 aromatic rings. The second-order valence-corrected chi connectivity index (χ2v) is 10.4. The maximum atomic E-state index is 12.3. The van der Waals surface area contributed by atoms with Crippen molar-refractivity contribution in [3.05, 3.63) is 66.6 Å². The number of nitrogens with zero attached hydrogens (tertiary/aromatic N) is 3. The Morgan fingerprint density at radius 2 is 1.86 bits per heavy atom. The monoisotopic (exact) mass is 395 g/mol. The fraction of sp³-hybridized carbons (Fsp3) is 0.200. The highest BCUT2D eigenvalue weighted by Gasteiger charge is 2.10. The number of benzene rings is 1. The van der Waals surface area contributed by atoms with Gasteiger partial charge in [0.25, 0.3) is 5.91 Å². The summed E-state index contributed by atoms with van der Waals surface area (Å²) < 4.78 is 11.7. The van der Waals surface area contributed by atoms with Crippen molar-refractivity contribution in [2.45, 2.75) is 0 Å². The predicted octanol–water partition coefficient (Wildman–Crippen LogP) is 3.63. The van der Waals surface area contributed by atoms with E-state index in [-0.39, 0.29) is 5.91 Å². The van der Waals surface area contributed by atoms with Gasteiger partial charge in [0.1, 0.15) is 0 Å². The summed E-state index contributed by atoms with van der Waals surface area (Å²) in [4.78, 5) is 25.1. The van der Waals surface area contributed by atoms with Crippen LogP contribution >= 0.6 is 7.14 Å². The molecule has 0 saturated heterocycles. The van der Waals surface area contributed by atoms with Gasteiger partial charge in [0.05, 0.1) is 12.8 Å². The van der Waals surface area contributed by atoms with Gasteiger partial charge in [-0.2, -0.15) is 0 Å². The van der Waals surface area contributed by atoms with Crippen molar-refractivity contribution in [3.63, 3.8) is 0 Å². The molecule has 0 saturated carbocycles. The maximum absolute atomic E-state index is 12.3. The van der Waals surface area contributed by atoms with E-state index in [0.717, 1.165) is 11.3 Å². The number of hydrogen-bond donors (Lipinski definition) is 2. The Kier molecular flexibility index (Phi) is 6.16. The molecule has 0 aliphatic carbocycles. The van der Waals surface area contributed by atoms with Crippen molar-refractivity contribution < 1.29 is 9.36 Å². The molecule has 7 nitrogen and oxygen atoms in total. The van der Waals surface area contributed by atoms with Crippen molar-refractivity contribution in [3.8, 4) is 11.3 Å². The van der Waals surface area contributed by atoms with Gasteiger partial charge in [0.15, 0.2) is 0 Å². The number of amides is 1. The zero-order valence-electron chi connectivity index (χ0n) is 15.8. The Morgan fingerprint density at radius 3 is 2.61 bits per heavy atom. The topological polar surface area (TPSA) is 96.9 Å². The van der Waals surface area contributed by atoms with E-state index in [1.54, 1.807) is 50.1 Å². The Morgan fingerprint density at radius 1 is 1.07 bits per heavy atom. The number of nitrogens with one attached hydrogen (secondary N) is 2. The number of carbonyl (C=O) groups is 1. The number of hydrogen-bond acceptors (Lipinski definition) is 6. The molecule has 0 aliphatic heterocycles. The summed E-state index contributed by atoms with van der Waals surface area (Å²) in [7, 11) is -2.15. The highest BCUT2D eigenvalue weighted by molar-refractivity contribution is 7.62. The molecule has 0 spiro atoms. The van der Waals surface area contributed by atoms with Crippen LogP contribution < -0.4 is 10.6 Å². The van der Waals surface area contributed by atoms with Gasteiger partial charge in [0, 0.05) is 48.1 Å². The Balaban J connectivity index is 1.69.